The summed E-state index contributed by atoms with van der Waals surface area (Å²) in [6.07, 6.45) is 8.50. The molecule has 2 heterocycles. The lowest BCUT2D eigenvalue weighted by Gasteiger charge is -2.58. The monoisotopic (exact) mass is 430 g/mol. The lowest BCUT2D eigenvalue weighted by atomic mass is 9.46. The van der Waals surface area contributed by atoms with E-state index in [1.807, 2.05) is 0 Å². The summed E-state index contributed by atoms with van der Waals surface area (Å²) >= 11 is 1.41. The third kappa shape index (κ3) is 2.13. The summed E-state index contributed by atoms with van der Waals surface area (Å²) in [7, 11) is 0. The Morgan fingerprint density at radius 1 is 1.17 bits per heavy atom. The van der Waals surface area contributed by atoms with Crippen molar-refractivity contribution in [1.82, 2.24) is 0 Å². The van der Waals surface area contributed by atoms with Crippen molar-refractivity contribution < 1.29 is 23.9 Å². The number of epoxide rings is 1. The van der Waals surface area contributed by atoms with Crippen LogP contribution in [0.15, 0.2) is 11.6 Å². The number of ether oxygens (including phenoxy) is 2. The van der Waals surface area contributed by atoms with Crippen molar-refractivity contribution in [3.63, 3.8) is 0 Å². The number of esters is 1. The minimum Gasteiger partial charge on any atom is -0.458 e. The molecule has 0 aromatic rings. The van der Waals surface area contributed by atoms with Crippen LogP contribution >= 0.6 is 11.8 Å². The van der Waals surface area contributed by atoms with E-state index in [4.69, 9.17) is 9.47 Å². The van der Waals surface area contributed by atoms with Gasteiger partial charge in [0.2, 0.25) is 0 Å². The molecule has 5 fully saturated rings. The summed E-state index contributed by atoms with van der Waals surface area (Å²) in [6, 6.07) is 0. The Balaban J connectivity index is 1.48. The van der Waals surface area contributed by atoms with Crippen LogP contribution in [0.4, 0.5) is 0 Å². The van der Waals surface area contributed by atoms with Crippen LogP contribution in [-0.2, 0) is 23.9 Å². The van der Waals surface area contributed by atoms with E-state index in [1.54, 1.807) is 6.92 Å². The topological polar surface area (TPSA) is 73.0 Å². The smallest absolute Gasteiger partial charge is 0.306 e. The van der Waals surface area contributed by atoms with Gasteiger partial charge in [-0.3, -0.25) is 14.4 Å². The molecule has 0 N–H and O–H groups in total. The molecule has 0 aromatic heterocycles. The van der Waals surface area contributed by atoms with Crippen LogP contribution in [-0.4, -0.2) is 39.4 Å². The van der Waals surface area contributed by atoms with Gasteiger partial charge < -0.3 is 9.47 Å². The lowest BCUT2D eigenvalue weighted by Crippen LogP contribution is -2.62. The van der Waals surface area contributed by atoms with Gasteiger partial charge in [0, 0.05) is 48.2 Å². The molecule has 0 bridgehead atoms. The van der Waals surface area contributed by atoms with E-state index in [1.165, 1.54) is 17.3 Å². The standard InChI is InChI=1S/C24H30O5S/c1-13(25)30-17-11-14-10-15(26)4-7-21(14,2)24-18(28-24)12-22(3)16(20(17)24)5-8-23(22)9-6-19(27)29-23/h11,16-18,20H,4-10,12H2,1-3H3/t16?,17-,18-,20?,21+,22+,23-,24-/m1/s1. The molecule has 2 aliphatic heterocycles. The van der Waals surface area contributed by atoms with Crippen LogP contribution in [0.1, 0.15) is 72.1 Å². The zero-order chi connectivity index (χ0) is 21.1. The number of rotatable bonds is 1. The summed E-state index contributed by atoms with van der Waals surface area (Å²) in [5.41, 5.74) is 0.304. The maximum absolute atomic E-state index is 12.3. The summed E-state index contributed by atoms with van der Waals surface area (Å²) < 4.78 is 12.8. The van der Waals surface area contributed by atoms with Gasteiger partial charge in [0.05, 0.1) is 6.10 Å². The van der Waals surface area contributed by atoms with Gasteiger partial charge in [0.15, 0.2) is 5.12 Å². The normalized spacial score (nSPS) is 53.4. The van der Waals surface area contributed by atoms with E-state index >= 15 is 0 Å². The summed E-state index contributed by atoms with van der Waals surface area (Å²) in [5, 5.41) is 0.139. The fourth-order valence-electron chi connectivity index (χ4n) is 8.48. The van der Waals surface area contributed by atoms with Crippen molar-refractivity contribution in [3.05, 3.63) is 11.6 Å². The van der Waals surface area contributed by atoms with Gasteiger partial charge in [-0.2, -0.15) is 0 Å². The average molecular weight is 431 g/mol. The molecule has 0 amide bonds. The maximum Gasteiger partial charge on any atom is 0.306 e. The molecule has 6 rings (SSSR count). The first-order valence-electron chi connectivity index (χ1n) is 11.4. The van der Waals surface area contributed by atoms with Crippen LogP contribution < -0.4 is 0 Å². The number of ketones is 1. The zero-order valence-electron chi connectivity index (χ0n) is 18.0. The second-order valence-electron chi connectivity index (χ2n) is 11.0. The number of hydrogen-bond donors (Lipinski definition) is 0. The first kappa shape index (κ1) is 19.5. The van der Waals surface area contributed by atoms with Crippen molar-refractivity contribution in [2.45, 2.75) is 94.7 Å². The van der Waals surface area contributed by atoms with Gasteiger partial charge in [-0.1, -0.05) is 37.3 Å². The summed E-state index contributed by atoms with van der Waals surface area (Å²) in [5.74, 6) is 0.807. The Hall–Kier alpha value is -1.14. The van der Waals surface area contributed by atoms with E-state index in [0.29, 0.717) is 31.0 Å². The van der Waals surface area contributed by atoms with E-state index in [-0.39, 0.29) is 50.4 Å². The van der Waals surface area contributed by atoms with Gasteiger partial charge in [-0.05, 0) is 38.0 Å². The van der Waals surface area contributed by atoms with E-state index in [9.17, 15) is 14.4 Å². The number of hydrogen-bond acceptors (Lipinski definition) is 6. The quantitative estimate of drug-likeness (QED) is 0.356. The molecule has 2 spiro atoms. The Labute approximate surface area is 181 Å². The molecular weight excluding hydrogens is 400 g/mol. The molecule has 8 atom stereocenters. The molecule has 3 saturated carbocycles. The minimum absolute atomic E-state index is 0.0263. The second-order valence-corrected chi connectivity index (χ2v) is 12.3. The molecule has 162 valence electrons. The van der Waals surface area contributed by atoms with E-state index in [2.05, 4.69) is 19.9 Å². The molecule has 2 saturated heterocycles. The lowest BCUT2D eigenvalue weighted by molar-refractivity contribution is -0.163. The van der Waals surface area contributed by atoms with Crippen molar-refractivity contribution in [2.24, 2.45) is 22.7 Å². The van der Waals surface area contributed by atoms with Gasteiger partial charge in [0.1, 0.15) is 17.0 Å². The third-order valence-corrected chi connectivity index (χ3v) is 11.0. The third-order valence-electron chi connectivity index (χ3n) is 9.94. The number of thioether (sulfide) groups is 1. The van der Waals surface area contributed by atoms with Gasteiger partial charge in [-0.25, -0.2) is 0 Å². The van der Waals surface area contributed by atoms with Gasteiger partial charge >= 0.3 is 5.97 Å². The highest BCUT2D eigenvalue weighted by atomic mass is 32.2. The number of carbonyl (C=O) groups is 3. The first-order valence-corrected chi connectivity index (χ1v) is 12.3. The van der Waals surface area contributed by atoms with Crippen molar-refractivity contribution in [2.75, 3.05) is 0 Å². The molecule has 0 radical (unpaired) electrons. The number of fused-ring (bicyclic) bond motifs is 4. The van der Waals surface area contributed by atoms with E-state index in [0.717, 1.165) is 32.1 Å². The van der Waals surface area contributed by atoms with Crippen LogP contribution in [0.2, 0.25) is 0 Å². The highest BCUT2D eigenvalue weighted by Crippen LogP contribution is 2.77. The Morgan fingerprint density at radius 2 is 1.97 bits per heavy atom. The predicted octanol–water partition coefficient (Wildman–Crippen LogP) is 3.98. The number of carbonyl (C=O) groups excluding carboxylic acids is 3. The molecule has 0 aromatic carbocycles. The molecular formula is C24H30O5S. The SMILES string of the molecule is CC(=O)S[C@@H]1C=C2CC(=O)CC[C@]2(C)[C@@]23O[C@@H]2C[C@@]2(C)C(CC[C@@]24CCC(=O)O4)C13. The minimum atomic E-state index is -0.369. The maximum atomic E-state index is 12.3. The highest BCUT2D eigenvalue weighted by molar-refractivity contribution is 8.14. The Kier molecular flexibility index (Phi) is 3.78. The van der Waals surface area contributed by atoms with Gasteiger partial charge in [-0.15, -0.1) is 0 Å². The molecule has 4 aliphatic carbocycles. The second kappa shape index (κ2) is 5.80. The summed E-state index contributed by atoms with van der Waals surface area (Å²) in [6.45, 7) is 6.25. The van der Waals surface area contributed by atoms with Crippen LogP contribution in [0, 0.1) is 22.7 Å². The largest absolute Gasteiger partial charge is 0.458 e. The average Bonchev–Trinajstić information content (AvgIpc) is 3.15. The fraction of sp³-hybridized carbons (Fsp3) is 0.792. The van der Waals surface area contributed by atoms with Gasteiger partial charge in [0.25, 0.3) is 0 Å². The number of Topliss-reactive ketones (excluding diaryl/α,β-unsaturated/α-hetero) is 1. The van der Waals surface area contributed by atoms with E-state index < -0.39 is 0 Å². The Morgan fingerprint density at radius 3 is 2.67 bits per heavy atom. The molecule has 2 unspecified atom stereocenters. The van der Waals surface area contributed by atoms with Crippen LogP contribution in [0.3, 0.4) is 0 Å². The van der Waals surface area contributed by atoms with Crippen molar-refractivity contribution in [3.8, 4) is 0 Å². The Bertz CT molecular complexity index is 911. The van der Waals surface area contributed by atoms with Crippen molar-refractivity contribution in [1.29, 1.82) is 0 Å². The molecule has 5 nitrogen and oxygen atoms in total. The molecule has 6 aliphatic rings. The van der Waals surface area contributed by atoms with Crippen LogP contribution in [0.5, 0.6) is 0 Å². The molecule has 6 heteroatoms. The predicted molar refractivity (Wildman–Crippen MR) is 112 cm³/mol. The first-order chi connectivity index (χ1) is 14.2. The highest BCUT2D eigenvalue weighted by Gasteiger charge is 2.82. The molecule has 30 heavy (non-hydrogen) atoms. The zero-order valence-corrected chi connectivity index (χ0v) is 18.8. The van der Waals surface area contributed by atoms with Crippen molar-refractivity contribution >= 4 is 28.6 Å². The summed E-state index contributed by atoms with van der Waals surface area (Å²) in [4.78, 5) is 36.7. The van der Waals surface area contributed by atoms with Crippen LogP contribution in [0.25, 0.3) is 0 Å². The fourth-order valence-corrected chi connectivity index (χ4v) is 9.63.